The minimum atomic E-state index is -0.812. The Labute approximate surface area is 501 Å². The van der Waals surface area contributed by atoms with Gasteiger partial charge in [-0.1, -0.05) is 309 Å². The second kappa shape index (κ2) is 68.3. The van der Waals surface area contributed by atoms with Gasteiger partial charge in [0.2, 0.25) is 0 Å². The lowest BCUT2D eigenvalue weighted by molar-refractivity contribution is -0.167. The molecule has 0 aromatic heterocycles. The van der Waals surface area contributed by atoms with Crippen LogP contribution in [0.3, 0.4) is 0 Å². The van der Waals surface area contributed by atoms with Crippen molar-refractivity contribution in [2.24, 2.45) is 0 Å². The molecule has 0 spiro atoms. The van der Waals surface area contributed by atoms with Crippen LogP contribution < -0.4 is 0 Å². The van der Waals surface area contributed by atoms with Gasteiger partial charge in [-0.05, 0) is 109 Å². The molecule has 6 nitrogen and oxygen atoms in total. The maximum atomic E-state index is 12.9. The van der Waals surface area contributed by atoms with Crippen molar-refractivity contribution in [1.82, 2.24) is 0 Å². The van der Waals surface area contributed by atoms with Crippen LogP contribution in [0.25, 0.3) is 0 Å². The summed E-state index contributed by atoms with van der Waals surface area (Å²) in [4.78, 5) is 38.4. The molecule has 0 saturated heterocycles. The van der Waals surface area contributed by atoms with Crippen LogP contribution in [0.15, 0.2) is 122 Å². The number of ether oxygens (including phenoxy) is 3. The lowest BCUT2D eigenvalue weighted by atomic mass is 10.0. The molecular weight excluding hydrogens is 997 g/mol. The number of esters is 3. The Balaban J connectivity index is 4.46. The Kier molecular flexibility index (Phi) is 64.8. The second-order valence-corrected chi connectivity index (χ2v) is 22.3. The maximum absolute atomic E-state index is 12.9. The maximum Gasteiger partial charge on any atom is 0.306 e. The molecule has 0 saturated carbocycles. The molecule has 1 unspecified atom stereocenters. The van der Waals surface area contributed by atoms with Crippen molar-refractivity contribution in [3.63, 3.8) is 0 Å². The van der Waals surface area contributed by atoms with Crippen LogP contribution in [0.5, 0.6) is 0 Å². The average Bonchev–Trinajstić information content (AvgIpc) is 3.47. The van der Waals surface area contributed by atoms with E-state index in [4.69, 9.17) is 14.2 Å². The first-order chi connectivity index (χ1) is 40.0. The fraction of sp³-hybridized carbons (Fsp3) is 0.693. The highest BCUT2D eigenvalue weighted by Gasteiger charge is 2.19. The van der Waals surface area contributed by atoms with E-state index in [1.165, 1.54) is 141 Å². The van der Waals surface area contributed by atoms with Gasteiger partial charge in [0.25, 0.3) is 0 Å². The van der Waals surface area contributed by atoms with Crippen LogP contribution in [-0.2, 0) is 28.6 Å². The fourth-order valence-electron chi connectivity index (χ4n) is 9.44. The Bertz CT molecular complexity index is 1670. The van der Waals surface area contributed by atoms with E-state index >= 15 is 0 Å². The zero-order chi connectivity index (χ0) is 58.5. The molecule has 0 aromatic rings. The number of hydrogen-bond acceptors (Lipinski definition) is 6. The quantitative estimate of drug-likeness (QED) is 0.0261. The first-order valence-corrected chi connectivity index (χ1v) is 34.0. The molecule has 0 radical (unpaired) electrons. The molecule has 0 N–H and O–H groups in total. The lowest BCUT2D eigenvalue weighted by Crippen LogP contribution is -2.30. The van der Waals surface area contributed by atoms with Crippen molar-refractivity contribution >= 4 is 17.9 Å². The zero-order valence-corrected chi connectivity index (χ0v) is 53.0. The average molecular weight is 1120 g/mol. The molecule has 1 atom stereocenters. The van der Waals surface area contributed by atoms with Crippen LogP contribution in [0.4, 0.5) is 0 Å². The van der Waals surface area contributed by atoms with Gasteiger partial charge >= 0.3 is 17.9 Å². The lowest BCUT2D eigenvalue weighted by Gasteiger charge is -2.18. The molecule has 0 rings (SSSR count). The van der Waals surface area contributed by atoms with Gasteiger partial charge in [-0.2, -0.15) is 0 Å². The van der Waals surface area contributed by atoms with Crippen molar-refractivity contribution in [1.29, 1.82) is 0 Å². The minimum Gasteiger partial charge on any atom is -0.462 e. The summed E-state index contributed by atoms with van der Waals surface area (Å²) in [5.74, 6) is -0.949. The molecule has 6 heteroatoms. The summed E-state index contributed by atoms with van der Waals surface area (Å²) in [7, 11) is 0. The summed E-state index contributed by atoms with van der Waals surface area (Å²) in [6.45, 7) is 6.40. The van der Waals surface area contributed by atoms with Crippen LogP contribution in [0.2, 0.25) is 0 Å². The summed E-state index contributed by atoms with van der Waals surface area (Å²) in [5.41, 5.74) is 0. The van der Waals surface area contributed by atoms with E-state index in [0.29, 0.717) is 19.3 Å². The largest absolute Gasteiger partial charge is 0.462 e. The van der Waals surface area contributed by atoms with Crippen LogP contribution >= 0.6 is 0 Å². The molecule has 0 bridgehead atoms. The van der Waals surface area contributed by atoms with E-state index in [0.717, 1.165) is 128 Å². The predicted molar refractivity (Wildman–Crippen MR) is 353 cm³/mol. The van der Waals surface area contributed by atoms with Crippen molar-refractivity contribution in [3.05, 3.63) is 122 Å². The molecule has 462 valence electrons. The molecule has 0 aliphatic rings. The van der Waals surface area contributed by atoms with E-state index in [-0.39, 0.29) is 37.5 Å². The number of carbonyl (C=O) groups excluding carboxylic acids is 3. The second-order valence-electron chi connectivity index (χ2n) is 22.3. The highest BCUT2D eigenvalue weighted by atomic mass is 16.6. The summed E-state index contributed by atoms with van der Waals surface area (Å²) in [5, 5.41) is 0. The predicted octanol–water partition coefficient (Wildman–Crippen LogP) is 23.6. The molecular formula is C75H126O6. The van der Waals surface area contributed by atoms with Gasteiger partial charge in [0, 0.05) is 19.3 Å². The van der Waals surface area contributed by atoms with E-state index < -0.39 is 6.10 Å². The smallest absolute Gasteiger partial charge is 0.306 e. The third-order valence-corrected chi connectivity index (χ3v) is 14.5. The van der Waals surface area contributed by atoms with Gasteiger partial charge in [-0.25, -0.2) is 0 Å². The number of unbranched alkanes of at least 4 members (excludes halogenated alkanes) is 30. The third-order valence-electron chi connectivity index (χ3n) is 14.5. The molecule has 0 fully saturated rings. The summed E-state index contributed by atoms with van der Waals surface area (Å²) < 4.78 is 16.9. The Morgan fingerprint density at radius 3 is 0.778 bits per heavy atom. The van der Waals surface area contributed by atoms with Gasteiger partial charge in [0.15, 0.2) is 6.10 Å². The molecule has 0 amide bonds. The monoisotopic (exact) mass is 1120 g/mol. The van der Waals surface area contributed by atoms with E-state index in [1.807, 2.05) is 0 Å². The van der Waals surface area contributed by atoms with Crippen molar-refractivity contribution in [3.8, 4) is 0 Å². The Hall–Kier alpha value is -4.19. The van der Waals surface area contributed by atoms with Crippen molar-refractivity contribution < 1.29 is 28.6 Å². The van der Waals surface area contributed by atoms with Crippen LogP contribution in [0.1, 0.15) is 316 Å². The van der Waals surface area contributed by atoms with Crippen LogP contribution in [0, 0.1) is 0 Å². The number of allylic oxidation sites excluding steroid dienone is 20. The highest BCUT2D eigenvalue weighted by molar-refractivity contribution is 5.71. The van der Waals surface area contributed by atoms with E-state index in [9.17, 15) is 14.4 Å². The van der Waals surface area contributed by atoms with Gasteiger partial charge in [-0.3, -0.25) is 14.4 Å². The minimum absolute atomic E-state index is 0.101. The van der Waals surface area contributed by atoms with Gasteiger partial charge in [-0.15, -0.1) is 0 Å². The van der Waals surface area contributed by atoms with Crippen LogP contribution in [-0.4, -0.2) is 37.2 Å². The Morgan fingerprint density at radius 2 is 0.481 bits per heavy atom. The normalized spacial score (nSPS) is 12.9. The molecule has 0 aliphatic heterocycles. The highest BCUT2D eigenvalue weighted by Crippen LogP contribution is 2.17. The summed E-state index contributed by atoms with van der Waals surface area (Å²) in [6.07, 6.45) is 95.0. The standard InChI is InChI=1S/C75H126O6/c1-4-7-10-13-16-19-22-25-28-31-34-36-37-39-41-44-47-50-53-56-59-62-65-68-74(77)80-71-72(70-79-73(76)67-64-61-58-55-52-49-46-43-40-33-30-27-24-21-18-15-12-9-6-3)81-75(78)69-66-63-60-57-54-51-48-45-42-38-35-32-29-26-23-20-17-14-11-8-5-2/h8-9,11-12,17-18,20-21,26-27,29-30,35,38,40,43,45,48,54,57,72H,4-7,10,13-16,19,22-25,28,31-34,36-37,39,41-42,44,46-47,49-53,55-56,58-71H2,1-3H3/b11-8-,12-9-,20-17-,21-18-,29-26-,30-27-,38-35-,43-40-,48-45-,57-54-. The number of carbonyl (C=O) groups is 3. The summed E-state index contributed by atoms with van der Waals surface area (Å²) >= 11 is 0. The molecule has 0 aliphatic carbocycles. The fourth-order valence-corrected chi connectivity index (χ4v) is 9.44. The number of hydrogen-bond donors (Lipinski definition) is 0. The molecule has 81 heavy (non-hydrogen) atoms. The van der Waals surface area contributed by atoms with E-state index in [2.05, 4.69) is 142 Å². The molecule has 0 aromatic carbocycles. The number of rotatable bonds is 61. The molecule has 0 heterocycles. The van der Waals surface area contributed by atoms with Crippen molar-refractivity contribution in [2.75, 3.05) is 13.2 Å². The third kappa shape index (κ3) is 66.5. The topological polar surface area (TPSA) is 78.9 Å². The first-order valence-electron chi connectivity index (χ1n) is 34.0. The van der Waals surface area contributed by atoms with Gasteiger partial charge < -0.3 is 14.2 Å². The van der Waals surface area contributed by atoms with E-state index in [1.54, 1.807) is 0 Å². The Morgan fingerprint density at radius 1 is 0.259 bits per heavy atom. The van der Waals surface area contributed by atoms with Crippen molar-refractivity contribution in [2.45, 2.75) is 322 Å². The van der Waals surface area contributed by atoms with Gasteiger partial charge in [0.1, 0.15) is 13.2 Å². The first kappa shape index (κ1) is 76.8. The SMILES string of the molecule is CC/C=C\C/C=C\C/C=C\C/C=C\C/C=C\C/C=C\CCCCC(=O)OC(COC(=O)CCCCCCCC/C=C\C/C=C\C/C=C\C/C=C\CC)COC(=O)CCCCCCCCCCCCCCCCCCCCCCCCC. The summed E-state index contributed by atoms with van der Waals surface area (Å²) in [6, 6.07) is 0. The van der Waals surface area contributed by atoms with Gasteiger partial charge in [0.05, 0.1) is 0 Å². The zero-order valence-electron chi connectivity index (χ0n) is 53.0.